The number of nitrogens with zero attached hydrogens (tertiary/aromatic N) is 3. The van der Waals surface area contributed by atoms with E-state index in [9.17, 15) is 5.11 Å². The molecule has 0 atom stereocenters. The molecule has 0 spiro atoms. The number of rotatable bonds is 3. The van der Waals surface area contributed by atoms with E-state index in [0.717, 1.165) is 5.65 Å². The van der Waals surface area contributed by atoms with Crippen molar-refractivity contribution in [3.05, 3.63) is 72.6 Å². The van der Waals surface area contributed by atoms with Crippen molar-refractivity contribution >= 4 is 17.7 Å². The van der Waals surface area contributed by atoms with Crippen LogP contribution < -0.4 is 0 Å². The molecular weight excluding hydrogens is 290 g/mol. The molecule has 0 saturated carbocycles. The summed E-state index contributed by atoms with van der Waals surface area (Å²) in [5.74, 6) is 1.49. The fraction of sp³-hybridized carbons (Fsp3) is 0. The van der Waals surface area contributed by atoms with E-state index in [4.69, 9.17) is 4.42 Å². The first-order valence-electron chi connectivity index (χ1n) is 7.16. The third-order valence-electron chi connectivity index (χ3n) is 3.52. The number of phenolic OH excluding ortho intramolecular Hbond substituents is 1. The molecule has 3 heterocycles. The van der Waals surface area contributed by atoms with Gasteiger partial charge in [-0.25, -0.2) is 9.98 Å². The van der Waals surface area contributed by atoms with Gasteiger partial charge in [0.1, 0.15) is 11.4 Å². The quantitative estimate of drug-likeness (QED) is 0.581. The highest BCUT2D eigenvalue weighted by atomic mass is 16.3. The number of hydrogen-bond acceptors (Lipinski definition) is 4. The van der Waals surface area contributed by atoms with Gasteiger partial charge < -0.3 is 9.52 Å². The van der Waals surface area contributed by atoms with Crippen molar-refractivity contribution < 1.29 is 9.52 Å². The first-order chi connectivity index (χ1) is 11.3. The maximum absolute atomic E-state index is 9.87. The summed E-state index contributed by atoms with van der Waals surface area (Å²) in [6.45, 7) is 0. The Kier molecular flexibility index (Phi) is 3.16. The molecule has 5 nitrogen and oxygen atoms in total. The van der Waals surface area contributed by atoms with E-state index in [0.29, 0.717) is 22.8 Å². The van der Waals surface area contributed by atoms with Crippen molar-refractivity contribution in [2.24, 2.45) is 4.99 Å². The van der Waals surface area contributed by atoms with Crippen LogP contribution >= 0.6 is 0 Å². The molecule has 0 radical (unpaired) electrons. The van der Waals surface area contributed by atoms with Gasteiger partial charge in [-0.2, -0.15) is 0 Å². The maximum Gasteiger partial charge on any atom is 0.168 e. The zero-order valence-electron chi connectivity index (χ0n) is 12.1. The van der Waals surface area contributed by atoms with Crippen LogP contribution in [0.25, 0.3) is 17.1 Å². The van der Waals surface area contributed by atoms with Crippen LogP contribution in [0.4, 0.5) is 5.82 Å². The van der Waals surface area contributed by atoms with Crippen molar-refractivity contribution in [1.82, 2.24) is 9.38 Å². The summed E-state index contributed by atoms with van der Waals surface area (Å²) in [7, 11) is 0. The zero-order valence-corrected chi connectivity index (χ0v) is 12.1. The summed E-state index contributed by atoms with van der Waals surface area (Å²) < 4.78 is 7.35. The number of aliphatic imine (C=N–C) groups is 1. The molecule has 0 aliphatic carbocycles. The topological polar surface area (TPSA) is 63.0 Å². The number of phenols is 1. The van der Waals surface area contributed by atoms with E-state index >= 15 is 0 Å². The lowest BCUT2D eigenvalue weighted by Crippen LogP contribution is -1.85. The van der Waals surface area contributed by atoms with Crippen molar-refractivity contribution in [3.63, 3.8) is 0 Å². The molecule has 0 aliphatic rings. The van der Waals surface area contributed by atoms with Gasteiger partial charge in [0, 0.05) is 18.0 Å². The minimum Gasteiger partial charge on any atom is -0.507 e. The Morgan fingerprint density at radius 3 is 2.74 bits per heavy atom. The lowest BCUT2D eigenvalue weighted by molar-refractivity contribution is 0.474. The molecule has 0 bridgehead atoms. The van der Waals surface area contributed by atoms with E-state index in [1.54, 1.807) is 30.7 Å². The molecule has 5 heteroatoms. The van der Waals surface area contributed by atoms with Crippen molar-refractivity contribution in [3.8, 4) is 17.2 Å². The summed E-state index contributed by atoms with van der Waals surface area (Å²) in [4.78, 5) is 9.12. The van der Waals surface area contributed by atoms with Gasteiger partial charge in [-0.1, -0.05) is 18.2 Å². The molecule has 0 unspecified atom stereocenters. The summed E-state index contributed by atoms with van der Waals surface area (Å²) >= 11 is 0. The van der Waals surface area contributed by atoms with E-state index in [2.05, 4.69) is 9.98 Å². The number of imidazole rings is 1. The third-order valence-corrected chi connectivity index (χ3v) is 3.52. The van der Waals surface area contributed by atoms with Crippen molar-refractivity contribution in [2.45, 2.75) is 0 Å². The fourth-order valence-corrected chi connectivity index (χ4v) is 2.41. The lowest BCUT2D eigenvalue weighted by atomic mass is 10.2. The third kappa shape index (κ3) is 2.38. The Morgan fingerprint density at radius 1 is 1.04 bits per heavy atom. The van der Waals surface area contributed by atoms with Gasteiger partial charge >= 0.3 is 0 Å². The molecule has 112 valence electrons. The van der Waals surface area contributed by atoms with Gasteiger partial charge in [-0.05, 0) is 36.4 Å². The van der Waals surface area contributed by atoms with Crippen LogP contribution in [0.1, 0.15) is 5.56 Å². The molecule has 0 aliphatic heterocycles. The first kappa shape index (κ1) is 13.3. The highest BCUT2D eigenvalue weighted by molar-refractivity contribution is 5.87. The minimum absolute atomic E-state index is 0.185. The highest BCUT2D eigenvalue weighted by Gasteiger charge is 2.15. The lowest BCUT2D eigenvalue weighted by Gasteiger charge is -1.99. The molecule has 1 aromatic carbocycles. The first-order valence-corrected chi connectivity index (χ1v) is 7.16. The summed E-state index contributed by atoms with van der Waals surface area (Å²) in [6, 6.07) is 16.5. The number of hydrogen-bond donors (Lipinski definition) is 1. The van der Waals surface area contributed by atoms with Crippen LogP contribution in [-0.2, 0) is 0 Å². The van der Waals surface area contributed by atoms with Crippen LogP contribution in [0.3, 0.4) is 0 Å². The predicted molar refractivity (Wildman–Crippen MR) is 88.3 cm³/mol. The molecule has 1 N–H and O–H groups in total. The van der Waals surface area contributed by atoms with Crippen LogP contribution in [0.15, 0.2) is 76.5 Å². The van der Waals surface area contributed by atoms with Crippen LogP contribution in [0, 0.1) is 0 Å². The minimum atomic E-state index is 0.185. The number of aromatic nitrogens is 2. The molecule has 0 fully saturated rings. The van der Waals surface area contributed by atoms with Gasteiger partial charge in [0.25, 0.3) is 0 Å². The van der Waals surface area contributed by atoms with E-state index in [-0.39, 0.29) is 5.75 Å². The van der Waals surface area contributed by atoms with Crippen molar-refractivity contribution in [2.75, 3.05) is 0 Å². The Hall–Kier alpha value is -3.34. The van der Waals surface area contributed by atoms with E-state index < -0.39 is 0 Å². The van der Waals surface area contributed by atoms with Gasteiger partial charge in [0.15, 0.2) is 17.3 Å². The Balaban J connectivity index is 1.88. The van der Waals surface area contributed by atoms with Crippen LogP contribution in [0.2, 0.25) is 0 Å². The summed E-state index contributed by atoms with van der Waals surface area (Å²) in [6.07, 6.45) is 5.13. The second-order valence-corrected chi connectivity index (χ2v) is 5.01. The second kappa shape index (κ2) is 5.46. The van der Waals surface area contributed by atoms with E-state index in [1.807, 2.05) is 47.0 Å². The summed E-state index contributed by atoms with van der Waals surface area (Å²) in [5, 5.41) is 9.87. The molecule has 3 aromatic heterocycles. The van der Waals surface area contributed by atoms with Gasteiger partial charge in [0.2, 0.25) is 0 Å². The van der Waals surface area contributed by atoms with Gasteiger partial charge in [-0.3, -0.25) is 4.40 Å². The van der Waals surface area contributed by atoms with Gasteiger partial charge in [-0.15, -0.1) is 0 Å². The largest absolute Gasteiger partial charge is 0.507 e. The number of pyridine rings is 1. The fourth-order valence-electron chi connectivity index (χ4n) is 2.41. The zero-order chi connectivity index (χ0) is 15.6. The molecule has 23 heavy (non-hydrogen) atoms. The average Bonchev–Trinajstić information content (AvgIpc) is 3.21. The average molecular weight is 303 g/mol. The number of aromatic hydroxyl groups is 1. The van der Waals surface area contributed by atoms with Crippen molar-refractivity contribution in [1.29, 1.82) is 0 Å². The Bertz CT molecular complexity index is 985. The van der Waals surface area contributed by atoms with Gasteiger partial charge in [0.05, 0.1) is 6.26 Å². The van der Waals surface area contributed by atoms with Crippen LogP contribution in [0.5, 0.6) is 5.75 Å². The Morgan fingerprint density at radius 2 is 1.91 bits per heavy atom. The number of benzene rings is 1. The predicted octanol–water partition coefficient (Wildman–Crippen LogP) is 4.05. The number of para-hydroxylation sites is 1. The number of furan rings is 1. The van der Waals surface area contributed by atoms with E-state index in [1.165, 1.54) is 0 Å². The molecule has 4 rings (SSSR count). The SMILES string of the molecule is Oc1ccccc1/C=N/c1c(-c2ccco2)nc2ccccn12. The number of fused-ring (bicyclic) bond motifs is 1. The molecular formula is C18H13N3O2. The van der Waals surface area contributed by atoms with Crippen LogP contribution in [-0.4, -0.2) is 20.7 Å². The normalized spacial score (nSPS) is 11.5. The summed E-state index contributed by atoms with van der Waals surface area (Å²) in [5.41, 5.74) is 2.08. The highest BCUT2D eigenvalue weighted by Crippen LogP contribution is 2.31. The monoisotopic (exact) mass is 303 g/mol. The maximum atomic E-state index is 9.87. The standard InChI is InChI=1S/C18H13N3O2/c22-14-7-2-1-6-13(14)12-19-18-17(15-8-5-11-23-15)20-16-9-3-4-10-21(16)18/h1-12,22H/b19-12+. The smallest absolute Gasteiger partial charge is 0.168 e. The second-order valence-electron chi connectivity index (χ2n) is 5.01. The molecule has 0 saturated heterocycles. The molecule has 4 aromatic rings. The molecule has 0 amide bonds. The Labute approximate surface area is 132 Å².